The standard InChI is InChI=1S/C37H48N2O5/c1-3-5-7-9-11-13-27-42-33-23-17-31(18-24-33)36(40)39-38-29-30-15-21-35(22-16-30)44-37(41)32-19-25-34(26-20-32)43-28-14-12-10-8-6-4-2/h15-26,29H,3-14,27-28H2,1-2H3,(H,39,40)/b38-29+. The summed E-state index contributed by atoms with van der Waals surface area (Å²) in [6.45, 7) is 5.79. The predicted molar refractivity (Wildman–Crippen MR) is 177 cm³/mol. The summed E-state index contributed by atoms with van der Waals surface area (Å²) in [6, 6.07) is 20.9. The molecule has 0 atom stereocenters. The Balaban J connectivity index is 1.35. The largest absolute Gasteiger partial charge is 0.494 e. The average Bonchev–Trinajstić information content (AvgIpc) is 3.05. The molecule has 44 heavy (non-hydrogen) atoms. The van der Waals surface area contributed by atoms with E-state index >= 15 is 0 Å². The van der Waals surface area contributed by atoms with E-state index in [4.69, 9.17) is 14.2 Å². The lowest BCUT2D eigenvalue weighted by atomic mass is 10.1. The molecule has 3 rings (SSSR count). The zero-order valence-corrected chi connectivity index (χ0v) is 26.4. The van der Waals surface area contributed by atoms with Crippen LogP contribution in [0.25, 0.3) is 0 Å². The second-order valence-electron chi connectivity index (χ2n) is 10.9. The molecule has 0 saturated carbocycles. The predicted octanol–water partition coefficient (Wildman–Crippen LogP) is 9.15. The number of ether oxygens (including phenoxy) is 3. The number of benzene rings is 3. The van der Waals surface area contributed by atoms with Gasteiger partial charge < -0.3 is 14.2 Å². The van der Waals surface area contributed by atoms with Gasteiger partial charge in [-0.05, 0) is 91.2 Å². The van der Waals surface area contributed by atoms with Gasteiger partial charge in [0.15, 0.2) is 0 Å². The number of rotatable bonds is 21. The van der Waals surface area contributed by atoms with Crippen LogP contribution in [0.3, 0.4) is 0 Å². The van der Waals surface area contributed by atoms with Gasteiger partial charge in [0.2, 0.25) is 0 Å². The second kappa shape index (κ2) is 20.7. The van der Waals surface area contributed by atoms with Crippen molar-refractivity contribution in [3.63, 3.8) is 0 Å². The molecule has 3 aromatic rings. The first-order valence-corrected chi connectivity index (χ1v) is 16.2. The maximum Gasteiger partial charge on any atom is 0.343 e. The van der Waals surface area contributed by atoms with Gasteiger partial charge in [0.25, 0.3) is 5.91 Å². The fourth-order valence-electron chi connectivity index (χ4n) is 4.55. The molecule has 0 heterocycles. The number of hydrogen-bond donors (Lipinski definition) is 1. The number of nitrogens with one attached hydrogen (secondary N) is 1. The van der Waals surface area contributed by atoms with Crippen LogP contribution in [0.5, 0.6) is 17.2 Å². The van der Waals surface area contributed by atoms with Gasteiger partial charge in [0, 0.05) is 5.56 Å². The molecule has 7 nitrogen and oxygen atoms in total. The Labute approximate surface area is 263 Å². The van der Waals surface area contributed by atoms with Crippen molar-refractivity contribution >= 4 is 18.1 Å². The topological polar surface area (TPSA) is 86.2 Å². The van der Waals surface area contributed by atoms with Crippen molar-refractivity contribution in [2.75, 3.05) is 13.2 Å². The van der Waals surface area contributed by atoms with E-state index in [1.165, 1.54) is 70.4 Å². The molecule has 236 valence electrons. The highest BCUT2D eigenvalue weighted by Crippen LogP contribution is 2.18. The molecule has 0 aliphatic rings. The smallest absolute Gasteiger partial charge is 0.343 e. The quantitative estimate of drug-likeness (QED) is 0.0433. The van der Waals surface area contributed by atoms with E-state index in [0.29, 0.717) is 30.1 Å². The average molecular weight is 601 g/mol. The Hall–Kier alpha value is -4.13. The minimum atomic E-state index is -0.444. The molecule has 0 aliphatic carbocycles. The Morgan fingerprint density at radius 1 is 0.591 bits per heavy atom. The van der Waals surface area contributed by atoms with Crippen molar-refractivity contribution in [2.24, 2.45) is 5.10 Å². The lowest BCUT2D eigenvalue weighted by Gasteiger charge is -2.08. The summed E-state index contributed by atoms with van der Waals surface area (Å²) in [6.07, 6.45) is 16.1. The molecule has 1 amide bonds. The van der Waals surface area contributed by atoms with Crippen molar-refractivity contribution in [1.82, 2.24) is 5.43 Å². The van der Waals surface area contributed by atoms with E-state index in [1.807, 2.05) is 0 Å². The van der Waals surface area contributed by atoms with Crippen LogP contribution in [0, 0.1) is 0 Å². The molecule has 0 spiro atoms. The number of amides is 1. The van der Waals surface area contributed by atoms with Crippen LogP contribution in [0.4, 0.5) is 0 Å². The Bertz CT molecular complexity index is 1250. The van der Waals surface area contributed by atoms with Crippen LogP contribution in [-0.4, -0.2) is 31.3 Å². The van der Waals surface area contributed by atoms with Crippen LogP contribution < -0.4 is 19.6 Å². The molecule has 0 aromatic heterocycles. The van der Waals surface area contributed by atoms with Crippen LogP contribution >= 0.6 is 0 Å². The third-order valence-electron chi connectivity index (χ3n) is 7.21. The maximum atomic E-state index is 12.6. The second-order valence-corrected chi connectivity index (χ2v) is 10.9. The number of carbonyl (C=O) groups is 2. The molecule has 3 aromatic carbocycles. The van der Waals surface area contributed by atoms with Crippen molar-refractivity contribution in [3.8, 4) is 17.2 Å². The van der Waals surface area contributed by atoms with Crippen molar-refractivity contribution in [1.29, 1.82) is 0 Å². The van der Waals surface area contributed by atoms with Crippen LogP contribution in [0.15, 0.2) is 77.9 Å². The molecular formula is C37H48N2O5. The van der Waals surface area contributed by atoms with E-state index in [2.05, 4.69) is 24.4 Å². The molecule has 0 unspecified atom stereocenters. The molecule has 7 heteroatoms. The molecule has 0 bridgehead atoms. The SMILES string of the molecule is CCCCCCCCOc1ccc(C(=O)N/N=C/c2ccc(OC(=O)c3ccc(OCCCCCCCC)cc3)cc2)cc1. The van der Waals surface area contributed by atoms with Crippen molar-refractivity contribution < 1.29 is 23.8 Å². The summed E-state index contributed by atoms with van der Waals surface area (Å²) in [5.74, 6) is 1.16. The minimum Gasteiger partial charge on any atom is -0.494 e. The molecule has 1 N–H and O–H groups in total. The van der Waals surface area contributed by atoms with Crippen LogP contribution in [-0.2, 0) is 0 Å². The monoisotopic (exact) mass is 600 g/mol. The summed E-state index contributed by atoms with van der Waals surface area (Å²) in [4.78, 5) is 25.0. The van der Waals surface area contributed by atoms with E-state index in [-0.39, 0.29) is 5.91 Å². The van der Waals surface area contributed by atoms with Crippen molar-refractivity contribution in [3.05, 3.63) is 89.5 Å². The van der Waals surface area contributed by atoms with Gasteiger partial charge in [-0.3, -0.25) is 4.79 Å². The highest BCUT2D eigenvalue weighted by molar-refractivity contribution is 5.95. The molecular weight excluding hydrogens is 552 g/mol. The van der Waals surface area contributed by atoms with E-state index in [0.717, 1.165) is 29.9 Å². The molecule has 0 radical (unpaired) electrons. The highest BCUT2D eigenvalue weighted by Gasteiger charge is 2.09. The Morgan fingerprint density at radius 3 is 1.57 bits per heavy atom. The van der Waals surface area contributed by atoms with Crippen molar-refractivity contribution in [2.45, 2.75) is 90.9 Å². The fraction of sp³-hybridized carbons (Fsp3) is 0.432. The van der Waals surface area contributed by atoms with Gasteiger partial charge >= 0.3 is 5.97 Å². The number of esters is 1. The van der Waals surface area contributed by atoms with Gasteiger partial charge in [-0.25, -0.2) is 10.2 Å². The summed E-state index contributed by atoms with van der Waals surface area (Å²) in [7, 11) is 0. The third kappa shape index (κ3) is 13.4. The zero-order valence-electron chi connectivity index (χ0n) is 26.4. The van der Waals surface area contributed by atoms with Gasteiger partial charge in [-0.2, -0.15) is 5.10 Å². The van der Waals surface area contributed by atoms with Gasteiger partial charge in [-0.15, -0.1) is 0 Å². The number of carbonyl (C=O) groups excluding carboxylic acids is 2. The number of unbranched alkanes of at least 4 members (excludes halogenated alkanes) is 10. The zero-order chi connectivity index (χ0) is 31.2. The number of hydrazone groups is 1. The summed E-state index contributed by atoms with van der Waals surface area (Å²) in [5, 5.41) is 4.05. The fourth-order valence-corrected chi connectivity index (χ4v) is 4.55. The van der Waals surface area contributed by atoms with Gasteiger partial charge in [0.05, 0.1) is 25.0 Å². The summed E-state index contributed by atoms with van der Waals surface area (Å²) < 4.78 is 17.1. The minimum absolute atomic E-state index is 0.312. The molecule has 0 fully saturated rings. The van der Waals surface area contributed by atoms with E-state index in [1.54, 1.807) is 72.8 Å². The Morgan fingerprint density at radius 2 is 1.05 bits per heavy atom. The molecule has 0 aliphatic heterocycles. The maximum absolute atomic E-state index is 12.6. The normalized spacial score (nSPS) is 11.0. The first-order valence-electron chi connectivity index (χ1n) is 16.2. The first kappa shape index (κ1) is 34.4. The van der Waals surface area contributed by atoms with Crippen LogP contribution in [0.1, 0.15) is 117 Å². The lowest BCUT2D eigenvalue weighted by Crippen LogP contribution is -2.17. The van der Waals surface area contributed by atoms with E-state index in [9.17, 15) is 9.59 Å². The van der Waals surface area contributed by atoms with E-state index < -0.39 is 5.97 Å². The lowest BCUT2D eigenvalue weighted by molar-refractivity contribution is 0.0734. The van der Waals surface area contributed by atoms with Crippen LogP contribution in [0.2, 0.25) is 0 Å². The summed E-state index contributed by atoms with van der Waals surface area (Å²) >= 11 is 0. The highest BCUT2D eigenvalue weighted by atomic mass is 16.5. The third-order valence-corrected chi connectivity index (χ3v) is 7.21. The first-order chi connectivity index (χ1) is 21.6. The molecule has 0 saturated heterocycles. The number of nitrogens with zero attached hydrogens (tertiary/aromatic N) is 1. The van der Waals surface area contributed by atoms with Gasteiger partial charge in [-0.1, -0.05) is 78.1 Å². The van der Waals surface area contributed by atoms with Gasteiger partial charge in [0.1, 0.15) is 17.2 Å². The Kier molecular flexibility index (Phi) is 16.2. The summed E-state index contributed by atoms with van der Waals surface area (Å²) in [5.41, 5.74) is 4.22. The number of hydrogen-bond acceptors (Lipinski definition) is 6.